The van der Waals surface area contributed by atoms with Crippen molar-refractivity contribution in [1.29, 1.82) is 0 Å². The van der Waals surface area contributed by atoms with Crippen molar-refractivity contribution in [2.24, 2.45) is 0 Å². The van der Waals surface area contributed by atoms with Crippen molar-refractivity contribution >= 4 is 37.3 Å². The number of aliphatic hydroxyl groups excluding tert-OH is 3. The molecule has 1 aliphatic heterocycles. The summed E-state index contributed by atoms with van der Waals surface area (Å²) in [6.45, 7) is 2.83. The monoisotopic (exact) mass is 858 g/mol. The van der Waals surface area contributed by atoms with Crippen molar-refractivity contribution in [3.8, 4) is 33.8 Å². The van der Waals surface area contributed by atoms with Gasteiger partial charge in [0.1, 0.15) is 40.9 Å². The van der Waals surface area contributed by atoms with Gasteiger partial charge in [0.2, 0.25) is 0 Å². The molecule has 4 unspecified atom stereocenters. The first-order valence-electron chi connectivity index (χ1n) is 19.6. The van der Waals surface area contributed by atoms with Gasteiger partial charge in [0, 0.05) is 17.1 Å². The maximum Gasteiger partial charge on any atom is 0.497 e. The van der Waals surface area contributed by atoms with Gasteiger partial charge >= 0.3 is 20.9 Å². The van der Waals surface area contributed by atoms with Crippen molar-refractivity contribution in [3.63, 3.8) is 0 Å². The van der Waals surface area contributed by atoms with Crippen LogP contribution in [0, 0.1) is 34.9 Å². The van der Waals surface area contributed by atoms with E-state index in [4.69, 9.17) is 14.0 Å². The Hall–Kier alpha value is -5.39. The topological polar surface area (TPSA) is 129 Å². The minimum absolute atomic E-state index is 0.00926. The Balaban J connectivity index is 0.000000183. The van der Waals surface area contributed by atoms with Gasteiger partial charge in [-0.05, 0) is 94.7 Å². The van der Waals surface area contributed by atoms with Crippen molar-refractivity contribution < 1.29 is 65.8 Å². The summed E-state index contributed by atoms with van der Waals surface area (Å²) in [6.07, 6.45) is -3.75. The number of halogens is 6. The van der Waals surface area contributed by atoms with Crippen LogP contribution in [0.5, 0.6) is 11.5 Å². The molecule has 1 aliphatic rings. The minimum atomic E-state index is -1.27. The summed E-state index contributed by atoms with van der Waals surface area (Å²) in [6, 6.07) is 29.9. The number of hydrogen-bond acceptors (Lipinski definition) is 8. The zero-order valence-corrected chi connectivity index (χ0v) is 33.8. The van der Waals surface area contributed by atoms with Crippen LogP contribution in [0.15, 0.2) is 127 Å². The molecule has 0 bridgehead atoms. The highest BCUT2D eigenvalue weighted by atomic mass is 19.1. The van der Waals surface area contributed by atoms with Gasteiger partial charge in [-0.25, -0.2) is 26.3 Å². The quantitative estimate of drug-likeness (QED) is 0.0764. The summed E-state index contributed by atoms with van der Waals surface area (Å²) in [5.41, 5.74) is 3.10. The predicted molar refractivity (Wildman–Crippen MR) is 228 cm³/mol. The first-order chi connectivity index (χ1) is 29.6. The molecule has 0 spiro atoms. The molecular formula is C45H43B3F6O8. The predicted octanol–water partition coefficient (Wildman–Crippen LogP) is 6.27. The van der Waals surface area contributed by atoms with Crippen LogP contribution in [0.3, 0.4) is 0 Å². The Kier molecular flexibility index (Phi) is 17.0. The summed E-state index contributed by atoms with van der Waals surface area (Å²) < 4.78 is 97.7. The van der Waals surface area contributed by atoms with Crippen LogP contribution in [-0.2, 0) is 9.31 Å². The Bertz CT molecular complexity index is 2380. The molecule has 0 amide bonds. The van der Waals surface area contributed by atoms with Gasteiger partial charge in [-0.3, -0.25) is 0 Å². The Labute approximate surface area is 356 Å². The molecule has 322 valence electrons. The molecule has 62 heavy (non-hydrogen) atoms. The molecule has 0 aromatic heterocycles. The average Bonchev–Trinajstić information content (AvgIpc) is 3.70. The summed E-state index contributed by atoms with van der Waals surface area (Å²) in [5.74, 6) is -2.65. The first-order valence-corrected chi connectivity index (χ1v) is 19.6. The SMILES string of the molecule is CB(O)c1ccc(-c2ccc(F)cc2)c(F)c1.CB(O)c1ccc(Oc2cccc(F)c2)c(F)c1.CCC(O)C1OB(c2ccc(-c3cccc(F)c3)cc2F)OC1C(O)CO. The molecule has 1 saturated heterocycles. The van der Waals surface area contributed by atoms with Crippen molar-refractivity contribution in [2.45, 2.75) is 51.4 Å². The van der Waals surface area contributed by atoms with E-state index in [-0.39, 0.29) is 22.8 Å². The van der Waals surface area contributed by atoms with E-state index in [1.165, 1.54) is 97.1 Å². The second kappa shape index (κ2) is 22.1. The van der Waals surface area contributed by atoms with E-state index in [1.807, 2.05) is 0 Å². The van der Waals surface area contributed by atoms with E-state index in [0.717, 1.165) is 0 Å². The highest BCUT2D eigenvalue weighted by molar-refractivity contribution is 6.65. The lowest BCUT2D eigenvalue weighted by molar-refractivity contribution is -0.0519. The lowest BCUT2D eigenvalue weighted by atomic mass is 9.64. The van der Waals surface area contributed by atoms with E-state index < -0.39 is 81.1 Å². The lowest BCUT2D eigenvalue weighted by Gasteiger charge is -2.25. The Morgan fingerprint density at radius 1 is 0.597 bits per heavy atom. The molecule has 4 atom stereocenters. The van der Waals surface area contributed by atoms with Gasteiger partial charge < -0.3 is 39.4 Å². The van der Waals surface area contributed by atoms with E-state index in [0.29, 0.717) is 39.6 Å². The van der Waals surface area contributed by atoms with Crippen LogP contribution in [0.25, 0.3) is 22.3 Å². The van der Waals surface area contributed by atoms with Gasteiger partial charge in [0.05, 0.1) is 24.9 Å². The van der Waals surface area contributed by atoms with Crippen LogP contribution >= 0.6 is 0 Å². The summed E-state index contributed by atoms with van der Waals surface area (Å²) in [5, 5.41) is 47.9. The van der Waals surface area contributed by atoms with Gasteiger partial charge in [-0.15, -0.1) is 0 Å². The molecule has 1 heterocycles. The van der Waals surface area contributed by atoms with Gasteiger partial charge in [-0.2, -0.15) is 0 Å². The molecule has 0 aliphatic carbocycles. The number of aliphatic hydroxyl groups is 3. The fourth-order valence-corrected chi connectivity index (χ4v) is 6.31. The molecular weight excluding hydrogens is 815 g/mol. The van der Waals surface area contributed by atoms with Gasteiger partial charge in [0.25, 0.3) is 0 Å². The fraction of sp³-hybridized carbons (Fsp3) is 0.200. The van der Waals surface area contributed by atoms with E-state index >= 15 is 0 Å². The highest BCUT2D eigenvalue weighted by Crippen LogP contribution is 2.27. The molecule has 0 radical (unpaired) electrons. The second-order valence-corrected chi connectivity index (χ2v) is 14.4. The molecule has 6 aromatic carbocycles. The fourth-order valence-electron chi connectivity index (χ4n) is 6.31. The normalized spacial score (nSPS) is 15.4. The molecule has 7 rings (SSSR count). The number of rotatable bonds is 11. The van der Waals surface area contributed by atoms with Crippen LogP contribution in [0.2, 0.25) is 13.6 Å². The lowest BCUT2D eigenvalue weighted by Crippen LogP contribution is -2.43. The third-order valence-electron chi connectivity index (χ3n) is 9.75. The average molecular weight is 858 g/mol. The molecule has 5 N–H and O–H groups in total. The zero-order valence-electron chi connectivity index (χ0n) is 33.8. The highest BCUT2D eigenvalue weighted by Gasteiger charge is 2.47. The van der Waals surface area contributed by atoms with Crippen molar-refractivity contribution in [2.75, 3.05) is 6.61 Å². The first kappa shape index (κ1) is 47.7. The molecule has 1 fully saturated rings. The Morgan fingerprint density at radius 2 is 1.16 bits per heavy atom. The van der Waals surface area contributed by atoms with Crippen LogP contribution < -0.4 is 21.1 Å². The van der Waals surface area contributed by atoms with E-state index in [9.17, 15) is 51.7 Å². The van der Waals surface area contributed by atoms with E-state index in [1.54, 1.807) is 50.9 Å². The van der Waals surface area contributed by atoms with Gasteiger partial charge in [0.15, 0.2) is 11.6 Å². The molecule has 17 heteroatoms. The summed E-state index contributed by atoms with van der Waals surface area (Å²) in [7, 11) is -1.14. The third-order valence-corrected chi connectivity index (χ3v) is 9.75. The molecule has 6 aromatic rings. The van der Waals surface area contributed by atoms with Crippen molar-refractivity contribution in [3.05, 3.63) is 162 Å². The number of ether oxygens (including phenoxy) is 1. The number of benzene rings is 6. The maximum atomic E-state index is 14.7. The van der Waals surface area contributed by atoms with Crippen molar-refractivity contribution in [1.82, 2.24) is 0 Å². The summed E-state index contributed by atoms with van der Waals surface area (Å²) in [4.78, 5) is 0. The maximum absolute atomic E-state index is 14.7. The third kappa shape index (κ3) is 12.6. The van der Waals surface area contributed by atoms with Crippen LogP contribution in [-0.4, -0.2) is 77.3 Å². The minimum Gasteiger partial charge on any atom is -0.454 e. The smallest absolute Gasteiger partial charge is 0.454 e. The number of hydrogen-bond donors (Lipinski definition) is 5. The van der Waals surface area contributed by atoms with Crippen LogP contribution in [0.1, 0.15) is 13.3 Å². The summed E-state index contributed by atoms with van der Waals surface area (Å²) >= 11 is 0. The largest absolute Gasteiger partial charge is 0.497 e. The molecule has 0 saturated carbocycles. The van der Waals surface area contributed by atoms with Gasteiger partial charge in [-0.1, -0.05) is 81.2 Å². The second-order valence-electron chi connectivity index (χ2n) is 14.4. The van der Waals surface area contributed by atoms with E-state index in [2.05, 4.69) is 0 Å². The molecule has 8 nitrogen and oxygen atoms in total. The Morgan fingerprint density at radius 3 is 1.71 bits per heavy atom. The zero-order chi connectivity index (χ0) is 45.1. The standard InChI is InChI=1S/C19H21BF2O5.C13H11BF2O2.C13H11BF2O/c1-2-16(24)18-19(17(25)10-23)27-20(26-18)14-7-6-12(9-15(14)22)11-4-3-5-13(21)8-11;1-14(17)9-5-6-13(12(16)7-9)18-11-4-2-3-10(15)8-11;1-14(17)10-4-7-12(13(16)8-10)9-2-5-11(15)6-3-9/h3-9,16-19,23-25H,2,10H2,1H3;2-8,17H,1H3;2-8,17H,1H3. The van der Waals surface area contributed by atoms with Crippen LogP contribution in [0.4, 0.5) is 26.3 Å².